The summed E-state index contributed by atoms with van der Waals surface area (Å²) < 4.78 is 5.67. The molecule has 0 unspecified atom stereocenters. The van der Waals surface area contributed by atoms with Crippen molar-refractivity contribution in [2.45, 2.75) is 13.5 Å². The van der Waals surface area contributed by atoms with Gasteiger partial charge in [-0.15, -0.1) is 0 Å². The smallest absolute Gasteiger partial charge is 0.328 e. The van der Waals surface area contributed by atoms with E-state index < -0.39 is 5.97 Å². The molecule has 2 aromatic rings. The van der Waals surface area contributed by atoms with Gasteiger partial charge in [0.25, 0.3) is 0 Å². The van der Waals surface area contributed by atoms with Gasteiger partial charge >= 0.3 is 5.97 Å². The van der Waals surface area contributed by atoms with Crippen molar-refractivity contribution in [1.29, 1.82) is 0 Å². The maximum atomic E-state index is 10.4. The molecule has 1 N–H and O–H groups in total. The van der Waals surface area contributed by atoms with E-state index in [1.165, 1.54) is 5.56 Å². The van der Waals surface area contributed by atoms with Crippen LogP contribution in [0.25, 0.3) is 6.08 Å². The van der Waals surface area contributed by atoms with E-state index in [-0.39, 0.29) is 0 Å². The van der Waals surface area contributed by atoms with Crippen molar-refractivity contribution in [3.63, 3.8) is 0 Å². The molecular formula is C17H16O3. The van der Waals surface area contributed by atoms with Gasteiger partial charge in [-0.2, -0.15) is 0 Å². The van der Waals surface area contributed by atoms with E-state index in [9.17, 15) is 4.79 Å². The Bertz CT molecular complexity index is 595. The topological polar surface area (TPSA) is 46.5 Å². The zero-order valence-electron chi connectivity index (χ0n) is 11.2. The van der Waals surface area contributed by atoms with Crippen molar-refractivity contribution >= 4 is 12.0 Å². The third-order valence-electron chi connectivity index (χ3n) is 2.82. The van der Waals surface area contributed by atoms with E-state index in [0.29, 0.717) is 6.61 Å². The van der Waals surface area contributed by atoms with Gasteiger partial charge in [0.2, 0.25) is 0 Å². The van der Waals surface area contributed by atoms with Crippen molar-refractivity contribution < 1.29 is 14.6 Å². The Kier molecular flexibility index (Phi) is 4.56. The molecule has 102 valence electrons. The first-order valence-electron chi connectivity index (χ1n) is 6.33. The molecule has 3 heteroatoms. The summed E-state index contributed by atoms with van der Waals surface area (Å²) in [5.41, 5.74) is 3.17. The van der Waals surface area contributed by atoms with Crippen molar-refractivity contribution in [2.75, 3.05) is 0 Å². The molecule has 0 aromatic heterocycles. The molecule has 0 aliphatic rings. The summed E-state index contributed by atoms with van der Waals surface area (Å²) in [5.74, 6) is -0.192. The molecule has 0 radical (unpaired) electrons. The second-order valence-corrected chi connectivity index (χ2v) is 4.51. The highest BCUT2D eigenvalue weighted by atomic mass is 16.5. The van der Waals surface area contributed by atoms with Gasteiger partial charge in [0.05, 0.1) is 0 Å². The highest BCUT2D eigenvalue weighted by molar-refractivity contribution is 5.85. The van der Waals surface area contributed by atoms with Crippen LogP contribution in [-0.4, -0.2) is 11.1 Å². The summed E-state index contributed by atoms with van der Waals surface area (Å²) in [5, 5.41) is 8.55. The van der Waals surface area contributed by atoms with Crippen LogP contribution in [0.15, 0.2) is 54.6 Å². The van der Waals surface area contributed by atoms with Crippen molar-refractivity contribution in [1.82, 2.24) is 0 Å². The fourth-order valence-electron chi connectivity index (χ4n) is 1.69. The van der Waals surface area contributed by atoms with Crippen LogP contribution < -0.4 is 4.74 Å². The summed E-state index contributed by atoms with van der Waals surface area (Å²) in [6.45, 7) is 2.57. The quantitative estimate of drug-likeness (QED) is 0.841. The number of hydrogen-bond donors (Lipinski definition) is 1. The predicted octanol–water partition coefficient (Wildman–Crippen LogP) is 3.67. The maximum Gasteiger partial charge on any atom is 0.328 e. The molecule has 0 aliphatic carbocycles. The Morgan fingerprint density at radius 1 is 1.10 bits per heavy atom. The second kappa shape index (κ2) is 6.57. The third-order valence-corrected chi connectivity index (χ3v) is 2.82. The standard InChI is InChI=1S/C17H16O3/c1-13-2-4-15(5-3-13)12-20-16-9-6-14(7-10-16)8-11-17(18)19/h2-11H,12H2,1H3,(H,18,19)/b11-8+. The van der Waals surface area contributed by atoms with Crippen molar-refractivity contribution in [2.24, 2.45) is 0 Å². The number of rotatable bonds is 5. The van der Waals surface area contributed by atoms with Crippen LogP contribution in [0.2, 0.25) is 0 Å². The second-order valence-electron chi connectivity index (χ2n) is 4.51. The third kappa shape index (κ3) is 4.28. The van der Waals surface area contributed by atoms with E-state index in [1.54, 1.807) is 6.08 Å². The Labute approximate surface area is 118 Å². The minimum absolute atomic E-state index is 0.518. The molecule has 0 aliphatic heterocycles. The number of carboxylic acids is 1. The monoisotopic (exact) mass is 268 g/mol. The number of carbonyl (C=O) groups is 1. The van der Waals surface area contributed by atoms with E-state index in [4.69, 9.17) is 9.84 Å². The SMILES string of the molecule is Cc1ccc(COc2ccc(/C=C/C(=O)O)cc2)cc1. The molecule has 0 fully saturated rings. The van der Waals surface area contributed by atoms with Crippen LogP contribution in [0.3, 0.4) is 0 Å². The van der Waals surface area contributed by atoms with Gasteiger partial charge in [-0.05, 0) is 36.3 Å². The molecule has 0 saturated carbocycles. The molecule has 0 spiro atoms. The molecular weight excluding hydrogens is 252 g/mol. The predicted molar refractivity (Wildman–Crippen MR) is 78.6 cm³/mol. The first kappa shape index (κ1) is 13.9. The molecule has 2 rings (SSSR count). The molecule has 0 amide bonds. The lowest BCUT2D eigenvalue weighted by Gasteiger charge is -2.06. The fourth-order valence-corrected chi connectivity index (χ4v) is 1.69. The highest BCUT2D eigenvalue weighted by Crippen LogP contribution is 2.15. The van der Waals surface area contributed by atoms with Gasteiger partial charge < -0.3 is 9.84 Å². The number of carboxylic acid groups (broad SMARTS) is 1. The zero-order valence-corrected chi connectivity index (χ0v) is 11.2. The number of hydrogen-bond acceptors (Lipinski definition) is 2. The van der Waals surface area contributed by atoms with Gasteiger partial charge in [0.1, 0.15) is 12.4 Å². The Morgan fingerprint density at radius 2 is 1.75 bits per heavy atom. The number of aryl methyl sites for hydroxylation is 1. The Hall–Kier alpha value is -2.55. The van der Waals surface area contributed by atoms with Crippen LogP contribution in [0.1, 0.15) is 16.7 Å². The van der Waals surface area contributed by atoms with E-state index in [2.05, 4.69) is 12.1 Å². The first-order chi connectivity index (χ1) is 9.63. The highest BCUT2D eigenvalue weighted by Gasteiger charge is 1.96. The van der Waals surface area contributed by atoms with E-state index >= 15 is 0 Å². The summed E-state index contributed by atoms with van der Waals surface area (Å²) in [6.07, 6.45) is 2.66. The van der Waals surface area contributed by atoms with Crippen LogP contribution in [0, 0.1) is 6.92 Å². The molecule has 0 saturated heterocycles. The van der Waals surface area contributed by atoms with Crippen LogP contribution >= 0.6 is 0 Å². The average Bonchev–Trinajstić information content (AvgIpc) is 2.45. The van der Waals surface area contributed by atoms with Crippen LogP contribution in [-0.2, 0) is 11.4 Å². The number of benzene rings is 2. The van der Waals surface area contributed by atoms with Crippen molar-refractivity contribution in [3.05, 3.63) is 71.3 Å². The minimum atomic E-state index is -0.954. The summed E-state index contributed by atoms with van der Waals surface area (Å²) >= 11 is 0. The molecule has 0 bridgehead atoms. The number of aliphatic carboxylic acids is 1. The summed E-state index contributed by atoms with van der Waals surface area (Å²) in [4.78, 5) is 10.4. The van der Waals surface area contributed by atoms with Crippen LogP contribution in [0.4, 0.5) is 0 Å². The van der Waals surface area contributed by atoms with Gasteiger partial charge in [-0.25, -0.2) is 4.79 Å². The Morgan fingerprint density at radius 3 is 2.35 bits per heavy atom. The number of ether oxygens (including phenoxy) is 1. The molecule has 20 heavy (non-hydrogen) atoms. The molecule has 0 heterocycles. The van der Waals surface area contributed by atoms with E-state index in [0.717, 1.165) is 23.0 Å². The first-order valence-corrected chi connectivity index (χ1v) is 6.33. The summed E-state index contributed by atoms with van der Waals surface area (Å²) in [7, 11) is 0. The minimum Gasteiger partial charge on any atom is -0.489 e. The zero-order chi connectivity index (χ0) is 14.4. The lowest BCUT2D eigenvalue weighted by Crippen LogP contribution is -1.95. The maximum absolute atomic E-state index is 10.4. The lowest BCUT2D eigenvalue weighted by atomic mass is 10.2. The average molecular weight is 268 g/mol. The fraction of sp³-hybridized carbons (Fsp3) is 0.118. The van der Waals surface area contributed by atoms with Crippen LogP contribution in [0.5, 0.6) is 5.75 Å². The Balaban J connectivity index is 1.93. The van der Waals surface area contributed by atoms with Crippen molar-refractivity contribution in [3.8, 4) is 5.75 Å². The van der Waals surface area contributed by atoms with Gasteiger partial charge in [0.15, 0.2) is 0 Å². The molecule has 3 nitrogen and oxygen atoms in total. The lowest BCUT2D eigenvalue weighted by molar-refractivity contribution is -0.131. The van der Waals surface area contributed by atoms with Gasteiger partial charge in [-0.3, -0.25) is 0 Å². The van der Waals surface area contributed by atoms with Gasteiger partial charge in [0, 0.05) is 6.08 Å². The normalized spacial score (nSPS) is 10.7. The molecule has 2 aromatic carbocycles. The summed E-state index contributed by atoms with van der Waals surface area (Å²) in [6, 6.07) is 15.5. The largest absolute Gasteiger partial charge is 0.489 e. The van der Waals surface area contributed by atoms with E-state index in [1.807, 2.05) is 43.3 Å². The van der Waals surface area contributed by atoms with Gasteiger partial charge in [-0.1, -0.05) is 42.0 Å². The molecule has 0 atom stereocenters.